The summed E-state index contributed by atoms with van der Waals surface area (Å²) in [4.78, 5) is 0. The SMILES string of the molecule is O=S(=O)(c1ccc(Cl)s1)N1CCC(C2OCC2(F)F)C1. The van der Waals surface area contributed by atoms with Gasteiger partial charge < -0.3 is 4.74 Å². The van der Waals surface area contributed by atoms with Crippen LogP contribution in [0.5, 0.6) is 0 Å². The Bertz CT molecular complexity index is 619. The van der Waals surface area contributed by atoms with E-state index in [2.05, 4.69) is 0 Å². The molecule has 112 valence electrons. The molecule has 2 saturated heterocycles. The molecule has 1 aromatic rings. The average Bonchev–Trinajstić information content (AvgIpc) is 2.97. The zero-order valence-corrected chi connectivity index (χ0v) is 12.6. The predicted octanol–water partition coefficient (Wildman–Crippen LogP) is 2.45. The van der Waals surface area contributed by atoms with Crippen LogP contribution in [0.4, 0.5) is 8.78 Å². The number of nitrogens with zero attached hydrogens (tertiary/aromatic N) is 1. The highest BCUT2D eigenvalue weighted by atomic mass is 35.5. The standard InChI is InChI=1S/C11H12ClF2NO3S2/c12-8-1-2-9(19-8)20(16,17)15-4-3-7(5-15)10-11(13,14)6-18-10/h1-2,7,10H,3-6H2. The van der Waals surface area contributed by atoms with Gasteiger partial charge in [-0.1, -0.05) is 11.6 Å². The van der Waals surface area contributed by atoms with Crippen LogP contribution < -0.4 is 0 Å². The van der Waals surface area contributed by atoms with E-state index in [1.807, 2.05) is 0 Å². The smallest absolute Gasteiger partial charge is 0.296 e. The van der Waals surface area contributed by atoms with Gasteiger partial charge in [0.05, 0.1) is 4.34 Å². The predicted molar refractivity (Wildman–Crippen MR) is 70.9 cm³/mol. The summed E-state index contributed by atoms with van der Waals surface area (Å²) < 4.78 is 57.9. The molecule has 0 radical (unpaired) electrons. The van der Waals surface area contributed by atoms with Gasteiger partial charge in [0.25, 0.3) is 15.9 Å². The van der Waals surface area contributed by atoms with E-state index in [4.69, 9.17) is 16.3 Å². The maximum Gasteiger partial charge on any atom is 0.296 e. The van der Waals surface area contributed by atoms with Crippen LogP contribution in [0.1, 0.15) is 6.42 Å². The van der Waals surface area contributed by atoms with Crippen LogP contribution in [0.25, 0.3) is 0 Å². The summed E-state index contributed by atoms with van der Waals surface area (Å²) in [7, 11) is -3.64. The van der Waals surface area contributed by atoms with E-state index in [1.54, 1.807) is 0 Å². The Kier molecular flexibility index (Phi) is 3.57. The molecule has 4 nitrogen and oxygen atoms in total. The lowest BCUT2D eigenvalue weighted by Crippen LogP contribution is -2.56. The van der Waals surface area contributed by atoms with Crippen LogP contribution in [-0.2, 0) is 14.8 Å². The molecule has 3 heterocycles. The zero-order valence-electron chi connectivity index (χ0n) is 10.3. The van der Waals surface area contributed by atoms with Crippen molar-refractivity contribution >= 4 is 33.0 Å². The number of rotatable bonds is 3. The fourth-order valence-electron chi connectivity index (χ4n) is 2.57. The Labute approximate surface area is 124 Å². The van der Waals surface area contributed by atoms with E-state index in [-0.39, 0.29) is 17.3 Å². The van der Waals surface area contributed by atoms with Crippen molar-refractivity contribution in [3.05, 3.63) is 16.5 Å². The van der Waals surface area contributed by atoms with Gasteiger partial charge in [-0.2, -0.15) is 4.31 Å². The number of thiophene rings is 1. The first-order valence-corrected chi connectivity index (χ1v) is 8.69. The third-order valence-corrected chi connectivity index (χ3v) is 7.19. The van der Waals surface area contributed by atoms with Crippen LogP contribution in [0.15, 0.2) is 16.3 Å². The fourth-order valence-corrected chi connectivity index (χ4v) is 5.72. The van der Waals surface area contributed by atoms with E-state index >= 15 is 0 Å². The summed E-state index contributed by atoms with van der Waals surface area (Å²) in [5.74, 6) is -3.29. The largest absolute Gasteiger partial charge is 0.365 e. The highest BCUT2D eigenvalue weighted by Crippen LogP contribution is 2.41. The maximum atomic E-state index is 13.3. The van der Waals surface area contributed by atoms with Gasteiger partial charge in [0, 0.05) is 19.0 Å². The molecule has 0 bridgehead atoms. The lowest BCUT2D eigenvalue weighted by Gasteiger charge is -2.39. The molecule has 2 unspecified atom stereocenters. The van der Waals surface area contributed by atoms with Gasteiger partial charge >= 0.3 is 0 Å². The summed E-state index contributed by atoms with van der Waals surface area (Å²) >= 11 is 6.70. The average molecular weight is 344 g/mol. The Hall–Kier alpha value is -0.280. The molecule has 0 spiro atoms. The molecule has 0 aliphatic carbocycles. The van der Waals surface area contributed by atoms with Crippen molar-refractivity contribution in [1.29, 1.82) is 0 Å². The van der Waals surface area contributed by atoms with E-state index in [9.17, 15) is 17.2 Å². The minimum absolute atomic E-state index is 0.0676. The molecule has 20 heavy (non-hydrogen) atoms. The number of hydrogen-bond donors (Lipinski definition) is 0. The third kappa shape index (κ3) is 2.37. The highest BCUT2D eigenvalue weighted by molar-refractivity contribution is 7.91. The fraction of sp³-hybridized carbons (Fsp3) is 0.636. The van der Waals surface area contributed by atoms with Gasteiger partial charge in [0.1, 0.15) is 16.9 Å². The Morgan fingerprint density at radius 2 is 2.20 bits per heavy atom. The van der Waals surface area contributed by atoms with Gasteiger partial charge in [-0.3, -0.25) is 0 Å². The molecule has 2 atom stereocenters. The lowest BCUT2D eigenvalue weighted by atomic mass is 9.93. The molecule has 0 N–H and O–H groups in total. The number of alkyl halides is 2. The number of halogens is 3. The van der Waals surface area contributed by atoms with Crippen LogP contribution in [-0.4, -0.2) is 44.4 Å². The van der Waals surface area contributed by atoms with Crippen LogP contribution in [0.2, 0.25) is 4.34 Å². The van der Waals surface area contributed by atoms with Crippen molar-refractivity contribution in [1.82, 2.24) is 4.31 Å². The summed E-state index contributed by atoms with van der Waals surface area (Å²) in [6.07, 6.45) is -0.770. The molecule has 9 heteroatoms. The second-order valence-corrected chi connectivity index (χ2v) is 8.84. The lowest BCUT2D eigenvalue weighted by molar-refractivity contribution is -0.279. The molecule has 2 fully saturated rings. The molecule has 0 amide bonds. The van der Waals surface area contributed by atoms with Gasteiger partial charge in [-0.25, -0.2) is 17.2 Å². The van der Waals surface area contributed by atoms with E-state index in [0.29, 0.717) is 10.8 Å². The third-order valence-electron chi connectivity index (χ3n) is 3.63. The Morgan fingerprint density at radius 1 is 1.45 bits per heavy atom. The molecule has 2 aliphatic rings. The maximum absolute atomic E-state index is 13.3. The quantitative estimate of drug-likeness (QED) is 0.847. The summed E-state index contributed by atoms with van der Waals surface area (Å²) in [5, 5.41) is 0. The first-order valence-electron chi connectivity index (χ1n) is 6.05. The number of hydrogen-bond acceptors (Lipinski definition) is 4. The van der Waals surface area contributed by atoms with E-state index < -0.39 is 34.6 Å². The van der Waals surface area contributed by atoms with Crippen LogP contribution in [0.3, 0.4) is 0 Å². The number of ether oxygens (including phenoxy) is 1. The van der Waals surface area contributed by atoms with Crippen molar-refractivity contribution in [2.75, 3.05) is 19.7 Å². The molecular formula is C11H12ClF2NO3S2. The second-order valence-electron chi connectivity index (χ2n) is 4.96. The first kappa shape index (κ1) is 14.6. The van der Waals surface area contributed by atoms with E-state index in [0.717, 1.165) is 11.3 Å². The Balaban J connectivity index is 1.74. The van der Waals surface area contributed by atoms with Gasteiger partial charge in [0.15, 0.2) is 0 Å². The van der Waals surface area contributed by atoms with E-state index in [1.165, 1.54) is 16.4 Å². The minimum Gasteiger partial charge on any atom is -0.365 e. The molecule has 0 aromatic carbocycles. The van der Waals surface area contributed by atoms with Crippen molar-refractivity contribution in [2.45, 2.75) is 22.7 Å². The van der Waals surface area contributed by atoms with Crippen molar-refractivity contribution in [3.8, 4) is 0 Å². The van der Waals surface area contributed by atoms with Gasteiger partial charge in [-0.15, -0.1) is 11.3 Å². The number of sulfonamides is 1. The van der Waals surface area contributed by atoms with Crippen molar-refractivity contribution in [3.63, 3.8) is 0 Å². The molecule has 2 aliphatic heterocycles. The summed E-state index contributed by atoms with van der Waals surface area (Å²) in [5.41, 5.74) is 0. The summed E-state index contributed by atoms with van der Waals surface area (Å²) in [6, 6.07) is 2.94. The van der Waals surface area contributed by atoms with Gasteiger partial charge in [0.2, 0.25) is 0 Å². The van der Waals surface area contributed by atoms with Crippen molar-refractivity contribution < 1.29 is 21.9 Å². The highest BCUT2D eigenvalue weighted by Gasteiger charge is 2.55. The topological polar surface area (TPSA) is 46.6 Å². The monoisotopic (exact) mass is 343 g/mol. The van der Waals surface area contributed by atoms with Crippen LogP contribution >= 0.6 is 22.9 Å². The van der Waals surface area contributed by atoms with Crippen LogP contribution in [0, 0.1) is 5.92 Å². The van der Waals surface area contributed by atoms with Gasteiger partial charge in [-0.05, 0) is 18.6 Å². The molecular weight excluding hydrogens is 332 g/mol. The van der Waals surface area contributed by atoms with Crippen molar-refractivity contribution in [2.24, 2.45) is 5.92 Å². The molecule has 1 aromatic heterocycles. The second kappa shape index (κ2) is 4.88. The Morgan fingerprint density at radius 3 is 2.70 bits per heavy atom. The first-order chi connectivity index (χ1) is 9.30. The zero-order chi connectivity index (χ0) is 14.5. The normalized spacial score (nSPS) is 30.4. The minimum atomic E-state index is -3.64. The molecule has 3 rings (SSSR count). The summed E-state index contributed by atoms with van der Waals surface area (Å²) in [6.45, 7) is -0.266. The molecule has 0 saturated carbocycles.